The van der Waals surface area contributed by atoms with E-state index in [2.05, 4.69) is 41.5 Å². The van der Waals surface area contributed by atoms with Crippen molar-refractivity contribution in [3.05, 3.63) is 0 Å². The van der Waals surface area contributed by atoms with Crippen LogP contribution in [-0.2, 0) is 4.74 Å². The van der Waals surface area contributed by atoms with Crippen molar-refractivity contribution in [3.8, 4) is 0 Å². The van der Waals surface area contributed by atoms with Gasteiger partial charge in [-0.25, -0.2) is 0 Å². The molecule has 1 rings (SSSR count). The molecule has 2 nitrogen and oxygen atoms in total. The Balaban J connectivity index is 2.73. The van der Waals surface area contributed by atoms with Crippen LogP contribution in [0.2, 0.25) is 0 Å². The molecule has 0 radical (unpaired) electrons. The van der Waals surface area contributed by atoms with Crippen LogP contribution in [0.15, 0.2) is 0 Å². The van der Waals surface area contributed by atoms with Gasteiger partial charge in [-0.15, -0.1) is 0 Å². The highest BCUT2D eigenvalue weighted by atomic mass is 16.5. The van der Waals surface area contributed by atoms with Gasteiger partial charge >= 0.3 is 0 Å². The summed E-state index contributed by atoms with van der Waals surface area (Å²) in [6, 6.07) is 0. The maximum absolute atomic E-state index is 6.25. The Morgan fingerprint density at radius 3 is 1.89 bits per heavy atom. The molecule has 18 heavy (non-hydrogen) atoms. The Kier molecular flexibility index (Phi) is 4.88. The zero-order chi connectivity index (χ0) is 14.0. The van der Waals surface area contributed by atoms with Crippen molar-refractivity contribution in [2.24, 2.45) is 16.6 Å². The summed E-state index contributed by atoms with van der Waals surface area (Å²) < 4.78 is 5.94. The van der Waals surface area contributed by atoms with Gasteiger partial charge in [-0.05, 0) is 50.9 Å². The van der Waals surface area contributed by atoms with Crippen LogP contribution in [0.25, 0.3) is 0 Å². The van der Waals surface area contributed by atoms with E-state index >= 15 is 0 Å². The molecule has 1 aliphatic carbocycles. The monoisotopic (exact) mass is 255 g/mol. The molecule has 0 heterocycles. The maximum atomic E-state index is 6.25. The molecule has 0 aliphatic heterocycles. The zero-order valence-electron chi connectivity index (χ0n) is 13.3. The zero-order valence-corrected chi connectivity index (χ0v) is 13.3. The molecule has 0 saturated heterocycles. The van der Waals surface area contributed by atoms with Gasteiger partial charge in [0.1, 0.15) is 6.23 Å². The first-order valence-corrected chi connectivity index (χ1v) is 7.49. The van der Waals surface area contributed by atoms with Crippen LogP contribution in [0.1, 0.15) is 80.1 Å². The quantitative estimate of drug-likeness (QED) is 0.755. The van der Waals surface area contributed by atoms with Gasteiger partial charge in [0.05, 0.1) is 5.60 Å². The summed E-state index contributed by atoms with van der Waals surface area (Å²) in [6.45, 7) is 13.3. The fourth-order valence-corrected chi connectivity index (χ4v) is 3.37. The fourth-order valence-electron chi connectivity index (χ4n) is 3.37. The largest absolute Gasteiger partial charge is 0.358 e. The van der Waals surface area contributed by atoms with E-state index in [-0.39, 0.29) is 11.8 Å². The van der Waals surface area contributed by atoms with E-state index in [1.165, 1.54) is 32.1 Å². The van der Waals surface area contributed by atoms with Crippen molar-refractivity contribution in [2.45, 2.75) is 91.9 Å². The second kappa shape index (κ2) is 5.50. The highest BCUT2D eigenvalue weighted by molar-refractivity contribution is 4.93. The van der Waals surface area contributed by atoms with Gasteiger partial charge in [0.2, 0.25) is 0 Å². The summed E-state index contributed by atoms with van der Waals surface area (Å²) in [4.78, 5) is 0. The Morgan fingerprint density at radius 2 is 1.50 bits per heavy atom. The Morgan fingerprint density at radius 1 is 1.00 bits per heavy atom. The van der Waals surface area contributed by atoms with Crippen molar-refractivity contribution < 1.29 is 4.74 Å². The van der Waals surface area contributed by atoms with Crippen LogP contribution in [0.4, 0.5) is 0 Å². The smallest absolute Gasteiger partial charge is 0.106 e. The Hall–Kier alpha value is -0.0800. The SMILES string of the molecule is CC(C)(C)OC(N)CC1(C(C)(C)C)CCCCC1. The van der Waals surface area contributed by atoms with Gasteiger partial charge in [0, 0.05) is 0 Å². The molecular formula is C16H33NO. The van der Waals surface area contributed by atoms with E-state index < -0.39 is 0 Å². The summed E-state index contributed by atoms with van der Waals surface area (Å²) in [5.41, 5.74) is 6.77. The number of hydrogen-bond donors (Lipinski definition) is 1. The molecule has 0 bridgehead atoms. The summed E-state index contributed by atoms with van der Waals surface area (Å²) >= 11 is 0. The average Bonchev–Trinajstić information content (AvgIpc) is 2.13. The summed E-state index contributed by atoms with van der Waals surface area (Å²) in [5.74, 6) is 0. The van der Waals surface area contributed by atoms with Crippen LogP contribution in [0.3, 0.4) is 0 Å². The first kappa shape index (κ1) is 16.0. The molecular weight excluding hydrogens is 222 g/mol. The third-order valence-corrected chi connectivity index (χ3v) is 4.50. The summed E-state index contributed by atoms with van der Waals surface area (Å²) in [5, 5.41) is 0. The van der Waals surface area contributed by atoms with Crippen molar-refractivity contribution in [1.29, 1.82) is 0 Å². The summed E-state index contributed by atoms with van der Waals surface area (Å²) in [6.07, 6.45) is 7.54. The van der Waals surface area contributed by atoms with Gasteiger partial charge in [-0.1, -0.05) is 40.0 Å². The Labute approximate surface area is 114 Å². The van der Waals surface area contributed by atoms with E-state index in [1.807, 2.05) is 0 Å². The first-order chi connectivity index (χ1) is 8.06. The van der Waals surface area contributed by atoms with Gasteiger partial charge in [-0.3, -0.25) is 0 Å². The third kappa shape index (κ3) is 4.24. The molecule has 1 atom stereocenters. The van der Waals surface area contributed by atoms with Crippen molar-refractivity contribution in [3.63, 3.8) is 0 Å². The first-order valence-electron chi connectivity index (χ1n) is 7.49. The van der Waals surface area contributed by atoms with Gasteiger partial charge in [-0.2, -0.15) is 0 Å². The van der Waals surface area contributed by atoms with Crippen LogP contribution < -0.4 is 5.73 Å². The Bertz CT molecular complexity index is 253. The molecule has 1 fully saturated rings. The summed E-state index contributed by atoms with van der Waals surface area (Å²) in [7, 11) is 0. The van der Waals surface area contributed by atoms with Crippen molar-refractivity contribution in [1.82, 2.24) is 0 Å². The fraction of sp³-hybridized carbons (Fsp3) is 1.00. The molecule has 0 aromatic carbocycles. The lowest BCUT2D eigenvalue weighted by atomic mass is 9.57. The molecule has 108 valence electrons. The lowest BCUT2D eigenvalue weighted by Crippen LogP contribution is -2.45. The molecule has 2 N–H and O–H groups in total. The van der Waals surface area contributed by atoms with E-state index in [0.717, 1.165) is 6.42 Å². The number of hydrogen-bond acceptors (Lipinski definition) is 2. The second-order valence-corrected chi connectivity index (χ2v) is 8.06. The topological polar surface area (TPSA) is 35.2 Å². The maximum Gasteiger partial charge on any atom is 0.106 e. The van der Waals surface area contributed by atoms with Gasteiger partial charge < -0.3 is 10.5 Å². The van der Waals surface area contributed by atoms with Gasteiger partial charge in [0.15, 0.2) is 0 Å². The molecule has 0 aromatic rings. The highest BCUT2D eigenvalue weighted by Gasteiger charge is 2.43. The van der Waals surface area contributed by atoms with Gasteiger partial charge in [0.25, 0.3) is 0 Å². The highest BCUT2D eigenvalue weighted by Crippen LogP contribution is 2.52. The lowest BCUT2D eigenvalue weighted by molar-refractivity contribution is -0.0985. The molecule has 0 aromatic heterocycles. The standard InChI is InChI=1S/C16H33NO/c1-14(2,3)16(10-8-7-9-11-16)12-13(17)18-15(4,5)6/h13H,7-12,17H2,1-6H3. The second-order valence-electron chi connectivity index (χ2n) is 8.06. The van der Waals surface area contributed by atoms with Crippen LogP contribution in [0, 0.1) is 10.8 Å². The minimum Gasteiger partial charge on any atom is -0.358 e. The van der Waals surface area contributed by atoms with E-state index in [1.54, 1.807) is 0 Å². The average molecular weight is 255 g/mol. The molecule has 1 saturated carbocycles. The van der Waals surface area contributed by atoms with E-state index in [9.17, 15) is 0 Å². The number of nitrogens with two attached hydrogens (primary N) is 1. The van der Waals surface area contributed by atoms with Crippen molar-refractivity contribution >= 4 is 0 Å². The molecule has 2 heteroatoms. The predicted molar refractivity (Wildman–Crippen MR) is 78.4 cm³/mol. The number of rotatable bonds is 3. The van der Waals surface area contributed by atoms with Crippen LogP contribution in [-0.4, -0.2) is 11.8 Å². The molecule has 1 aliphatic rings. The predicted octanol–water partition coefficient (Wildman–Crippen LogP) is 4.47. The normalized spacial score (nSPS) is 22.8. The molecule has 0 amide bonds. The number of ether oxygens (including phenoxy) is 1. The molecule has 1 unspecified atom stereocenters. The lowest BCUT2D eigenvalue weighted by Gasteiger charge is -2.49. The third-order valence-electron chi connectivity index (χ3n) is 4.50. The minimum absolute atomic E-state index is 0.137. The van der Waals surface area contributed by atoms with E-state index in [0.29, 0.717) is 10.8 Å². The van der Waals surface area contributed by atoms with Crippen LogP contribution in [0.5, 0.6) is 0 Å². The molecule has 0 spiro atoms. The van der Waals surface area contributed by atoms with Crippen molar-refractivity contribution in [2.75, 3.05) is 0 Å². The minimum atomic E-state index is -0.146. The van der Waals surface area contributed by atoms with E-state index in [4.69, 9.17) is 10.5 Å². The van der Waals surface area contributed by atoms with Crippen LogP contribution >= 0.6 is 0 Å².